The van der Waals surface area contributed by atoms with Gasteiger partial charge in [0.25, 0.3) is 5.91 Å². The smallest absolute Gasteiger partial charge is 0.338 e. The fourth-order valence-electron chi connectivity index (χ4n) is 4.10. The van der Waals surface area contributed by atoms with Crippen LogP contribution in [0, 0.1) is 0 Å². The number of hydrogen-bond donors (Lipinski definition) is 2. The summed E-state index contributed by atoms with van der Waals surface area (Å²) in [6.45, 7) is 3.88. The van der Waals surface area contributed by atoms with Crippen LogP contribution in [-0.4, -0.2) is 38.2 Å². The topological polar surface area (TPSA) is 111 Å². The molecule has 180 valence electrons. The lowest BCUT2D eigenvalue weighted by Crippen LogP contribution is -2.31. The van der Waals surface area contributed by atoms with Crippen LogP contribution in [-0.2, 0) is 9.53 Å². The first kappa shape index (κ1) is 23.0. The highest BCUT2D eigenvalue weighted by atomic mass is 16.5. The third kappa shape index (κ3) is 4.46. The van der Waals surface area contributed by atoms with Gasteiger partial charge in [0, 0.05) is 29.3 Å². The van der Waals surface area contributed by atoms with E-state index in [4.69, 9.17) is 9.84 Å². The van der Waals surface area contributed by atoms with Gasteiger partial charge in [-0.3, -0.25) is 9.78 Å². The summed E-state index contributed by atoms with van der Waals surface area (Å²) < 4.78 is 6.74. The minimum atomic E-state index is -0.543. The molecule has 5 rings (SSSR count). The van der Waals surface area contributed by atoms with Gasteiger partial charge in [-0.2, -0.15) is 4.98 Å². The molecule has 1 atom stereocenters. The zero-order valence-electron chi connectivity index (χ0n) is 19.8. The maximum atomic E-state index is 13.6. The van der Waals surface area contributed by atoms with E-state index in [0.717, 1.165) is 11.1 Å². The fourth-order valence-corrected chi connectivity index (χ4v) is 4.10. The van der Waals surface area contributed by atoms with Gasteiger partial charge < -0.3 is 15.4 Å². The monoisotopic (exact) mass is 480 g/mol. The lowest BCUT2D eigenvalue weighted by Gasteiger charge is -2.28. The van der Waals surface area contributed by atoms with Crippen LogP contribution in [0.4, 0.5) is 11.6 Å². The van der Waals surface area contributed by atoms with Gasteiger partial charge in [-0.05, 0) is 49.7 Å². The number of esters is 1. The van der Waals surface area contributed by atoms with Gasteiger partial charge in [-0.15, -0.1) is 5.10 Å². The van der Waals surface area contributed by atoms with Gasteiger partial charge in [0.2, 0.25) is 5.95 Å². The largest absolute Gasteiger partial charge is 0.462 e. The van der Waals surface area contributed by atoms with Crippen LogP contribution in [0.3, 0.4) is 0 Å². The van der Waals surface area contributed by atoms with E-state index in [1.165, 1.54) is 0 Å². The summed E-state index contributed by atoms with van der Waals surface area (Å²) in [6, 6.07) is 19.4. The van der Waals surface area contributed by atoms with Crippen molar-refractivity contribution in [2.45, 2.75) is 19.9 Å². The second-order valence-corrected chi connectivity index (χ2v) is 8.17. The molecule has 0 aliphatic carbocycles. The number of hydrogen-bond acceptors (Lipinski definition) is 7. The molecule has 0 radical (unpaired) electrons. The highest BCUT2D eigenvalue weighted by Gasteiger charge is 2.34. The van der Waals surface area contributed by atoms with Crippen LogP contribution in [0.1, 0.15) is 35.8 Å². The van der Waals surface area contributed by atoms with E-state index in [9.17, 15) is 9.59 Å². The Morgan fingerprint density at radius 2 is 1.83 bits per heavy atom. The molecular formula is C27H24N6O3. The molecule has 9 heteroatoms. The van der Waals surface area contributed by atoms with Crippen molar-refractivity contribution >= 4 is 23.5 Å². The molecule has 1 aliphatic heterocycles. The van der Waals surface area contributed by atoms with Crippen molar-refractivity contribution in [1.29, 1.82) is 0 Å². The first-order valence-electron chi connectivity index (χ1n) is 11.5. The van der Waals surface area contributed by atoms with Gasteiger partial charge >= 0.3 is 5.97 Å². The maximum absolute atomic E-state index is 13.6. The van der Waals surface area contributed by atoms with Gasteiger partial charge in [-0.1, -0.05) is 36.4 Å². The third-order valence-corrected chi connectivity index (χ3v) is 5.78. The van der Waals surface area contributed by atoms with Crippen LogP contribution in [0.25, 0.3) is 11.4 Å². The van der Waals surface area contributed by atoms with Crippen molar-refractivity contribution in [3.63, 3.8) is 0 Å². The second-order valence-electron chi connectivity index (χ2n) is 8.17. The number of ether oxygens (including phenoxy) is 1. The Kier molecular flexibility index (Phi) is 6.27. The molecular weight excluding hydrogens is 456 g/mol. The zero-order chi connectivity index (χ0) is 25.1. The number of allylic oxidation sites excluding steroid dienone is 1. The van der Waals surface area contributed by atoms with E-state index in [0.29, 0.717) is 40.9 Å². The quantitative estimate of drug-likeness (QED) is 0.392. The van der Waals surface area contributed by atoms with Gasteiger partial charge in [-0.25, -0.2) is 9.48 Å². The highest BCUT2D eigenvalue weighted by Crippen LogP contribution is 2.36. The average Bonchev–Trinajstić information content (AvgIpc) is 3.33. The molecule has 4 aromatic rings. The lowest BCUT2D eigenvalue weighted by atomic mass is 9.96. The van der Waals surface area contributed by atoms with Crippen molar-refractivity contribution in [3.8, 4) is 11.4 Å². The van der Waals surface area contributed by atoms with E-state index in [2.05, 4.69) is 20.6 Å². The predicted octanol–water partition coefficient (Wildman–Crippen LogP) is 4.44. The summed E-state index contributed by atoms with van der Waals surface area (Å²) in [5.41, 5.74) is 3.77. The van der Waals surface area contributed by atoms with Crippen molar-refractivity contribution in [2.75, 3.05) is 17.2 Å². The van der Waals surface area contributed by atoms with E-state index in [1.54, 1.807) is 48.3 Å². The number of nitrogens with zero attached hydrogens (tertiary/aromatic N) is 4. The molecule has 36 heavy (non-hydrogen) atoms. The predicted molar refractivity (Wildman–Crippen MR) is 135 cm³/mol. The molecule has 0 fully saturated rings. The zero-order valence-corrected chi connectivity index (χ0v) is 19.8. The molecule has 2 aromatic heterocycles. The fraction of sp³-hybridized carbons (Fsp3) is 0.148. The number of nitrogens with one attached hydrogen (secondary N) is 2. The number of fused-ring (bicyclic) bond motifs is 1. The summed E-state index contributed by atoms with van der Waals surface area (Å²) in [7, 11) is 0. The van der Waals surface area contributed by atoms with Gasteiger partial charge in [0.15, 0.2) is 5.82 Å². The van der Waals surface area contributed by atoms with Crippen molar-refractivity contribution in [3.05, 3.63) is 102 Å². The summed E-state index contributed by atoms with van der Waals surface area (Å²) in [5, 5.41) is 10.9. The first-order valence-corrected chi connectivity index (χ1v) is 11.5. The summed E-state index contributed by atoms with van der Waals surface area (Å²) >= 11 is 0. The molecule has 0 saturated carbocycles. The Labute approximate surface area is 207 Å². The van der Waals surface area contributed by atoms with E-state index in [-0.39, 0.29) is 5.91 Å². The molecule has 0 spiro atoms. The third-order valence-electron chi connectivity index (χ3n) is 5.78. The Morgan fingerprint density at radius 3 is 2.53 bits per heavy atom. The summed E-state index contributed by atoms with van der Waals surface area (Å²) in [5.74, 6) is 0.377. The molecule has 2 N–H and O–H groups in total. The maximum Gasteiger partial charge on any atom is 0.338 e. The Balaban J connectivity index is 1.49. The number of benzene rings is 2. The second kappa shape index (κ2) is 9.83. The molecule has 0 bridgehead atoms. The van der Waals surface area contributed by atoms with E-state index in [1.807, 2.05) is 49.4 Å². The lowest BCUT2D eigenvalue weighted by molar-refractivity contribution is -0.113. The highest BCUT2D eigenvalue weighted by molar-refractivity contribution is 6.06. The normalized spacial score (nSPS) is 14.6. The standard InChI is InChI=1S/C27H24N6O3/c1-3-36-26(35)19-11-13-21(14-12-19)30-25(34)22-17(2)29-27-31-24(18-8-5-4-6-9-18)32-33(27)23(22)20-10-7-15-28-16-20/h4-16,23H,3H2,1-2H3,(H,30,34)(H,29,31,32). The number of anilines is 2. The van der Waals surface area contributed by atoms with Gasteiger partial charge in [0.1, 0.15) is 6.04 Å². The van der Waals surface area contributed by atoms with Crippen LogP contribution < -0.4 is 10.6 Å². The number of pyridine rings is 1. The molecule has 0 saturated heterocycles. The number of carbonyl (C=O) groups is 2. The van der Waals surface area contributed by atoms with Crippen LogP contribution >= 0.6 is 0 Å². The van der Waals surface area contributed by atoms with Gasteiger partial charge in [0.05, 0.1) is 17.7 Å². The number of aromatic nitrogens is 4. The molecule has 1 amide bonds. The summed E-state index contributed by atoms with van der Waals surface area (Å²) in [6.07, 6.45) is 3.40. The van der Waals surface area contributed by atoms with Crippen LogP contribution in [0.2, 0.25) is 0 Å². The molecule has 2 aromatic carbocycles. The number of amides is 1. The summed E-state index contributed by atoms with van der Waals surface area (Å²) in [4.78, 5) is 34.5. The molecule has 9 nitrogen and oxygen atoms in total. The van der Waals surface area contributed by atoms with Crippen molar-refractivity contribution < 1.29 is 14.3 Å². The van der Waals surface area contributed by atoms with Crippen LogP contribution in [0.15, 0.2) is 90.4 Å². The molecule has 3 heterocycles. The minimum absolute atomic E-state index is 0.295. The minimum Gasteiger partial charge on any atom is -0.462 e. The molecule has 1 aliphatic rings. The van der Waals surface area contributed by atoms with E-state index >= 15 is 0 Å². The van der Waals surface area contributed by atoms with E-state index < -0.39 is 12.0 Å². The Bertz CT molecular complexity index is 1430. The average molecular weight is 481 g/mol. The van der Waals surface area contributed by atoms with Crippen molar-refractivity contribution in [2.24, 2.45) is 0 Å². The van der Waals surface area contributed by atoms with Crippen LogP contribution in [0.5, 0.6) is 0 Å². The Hall–Kier alpha value is -4.79. The SMILES string of the molecule is CCOC(=O)c1ccc(NC(=O)C2=C(C)Nc3nc(-c4ccccc4)nn3C2c2cccnc2)cc1. The number of carbonyl (C=O) groups excluding carboxylic acids is 2. The Morgan fingerprint density at radius 1 is 1.06 bits per heavy atom. The van der Waals surface area contributed by atoms with Crippen molar-refractivity contribution in [1.82, 2.24) is 19.7 Å². The first-order chi connectivity index (χ1) is 17.5. The number of rotatable bonds is 6. The molecule has 1 unspecified atom stereocenters.